The lowest BCUT2D eigenvalue weighted by atomic mass is 9.99. The first-order valence-electron chi connectivity index (χ1n) is 26.6. The van der Waals surface area contributed by atoms with E-state index in [0.29, 0.717) is 6.42 Å². The summed E-state index contributed by atoms with van der Waals surface area (Å²) < 4.78 is 11.2. The minimum atomic E-state index is -1.58. The van der Waals surface area contributed by atoms with Crippen LogP contribution in [0.5, 0.6) is 0 Å². The van der Waals surface area contributed by atoms with Crippen LogP contribution < -0.4 is 5.32 Å². The Hall–Kier alpha value is -3.15. The van der Waals surface area contributed by atoms with Crippen LogP contribution >= 0.6 is 0 Å². The molecule has 6 N–H and O–H groups in total. The molecule has 1 rings (SSSR count). The van der Waals surface area contributed by atoms with Crippen molar-refractivity contribution in [3.8, 4) is 0 Å². The Morgan fingerprint density at radius 1 is 0.522 bits per heavy atom. The number of aliphatic hydroxyl groups excluding tert-OH is 5. The van der Waals surface area contributed by atoms with Gasteiger partial charge in [-0.25, -0.2) is 0 Å². The Balaban J connectivity index is 2.12. The van der Waals surface area contributed by atoms with Gasteiger partial charge < -0.3 is 40.3 Å². The van der Waals surface area contributed by atoms with Crippen LogP contribution in [-0.2, 0) is 14.3 Å². The number of ether oxygens (including phenoxy) is 2. The zero-order chi connectivity index (χ0) is 48.7. The highest BCUT2D eigenvalue weighted by atomic mass is 16.7. The lowest BCUT2D eigenvalue weighted by molar-refractivity contribution is -0.302. The van der Waals surface area contributed by atoms with E-state index in [0.717, 1.165) is 83.5 Å². The van der Waals surface area contributed by atoms with Gasteiger partial charge in [0.2, 0.25) is 5.91 Å². The van der Waals surface area contributed by atoms with Crippen LogP contribution in [0.1, 0.15) is 194 Å². The minimum Gasteiger partial charge on any atom is -0.394 e. The van der Waals surface area contributed by atoms with Gasteiger partial charge in [-0.1, -0.05) is 207 Å². The second kappa shape index (κ2) is 46.6. The van der Waals surface area contributed by atoms with Crippen LogP contribution in [-0.4, -0.2) is 87.5 Å². The van der Waals surface area contributed by atoms with Crippen molar-refractivity contribution in [1.82, 2.24) is 5.32 Å². The van der Waals surface area contributed by atoms with Gasteiger partial charge in [0, 0.05) is 6.42 Å². The lowest BCUT2D eigenvalue weighted by Crippen LogP contribution is -2.60. The van der Waals surface area contributed by atoms with Gasteiger partial charge in [0.1, 0.15) is 24.4 Å². The van der Waals surface area contributed by atoms with Gasteiger partial charge in [0.05, 0.1) is 25.4 Å². The third-order valence-corrected chi connectivity index (χ3v) is 11.8. The van der Waals surface area contributed by atoms with E-state index in [1.54, 1.807) is 6.08 Å². The lowest BCUT2D eigenvalue weighted by Gasteiger charge is -2.40. The third kappa shape index (κ3) is 36.5. The molecule has 382 valence electrons. The molecule has 1 aliphatic rings. The van der Waals surface area contributed by atoms with Gasteiger partial charge in [-0.3, -0.25) is 4.79 Å². The Labute approximate surface area is 408 Å². The Morgan fingerprint density at radius 3 is 1.43 bits per heavy atom. The maximum absolute atomic E-state index is 13.0. The summed E-state index contributed by atoms with van der Waals surface area (Å²) in [5.74, 6) is -0.196. The van der Waals surface area contributed by atoms with Crippen molar-refractivity contribution in [1.29, 1.82) is 0 Å². The van der Waals surface area contributed by atoms with Crippen molar-refractivity contribution in [2.75, 3.05) is 13.2 Å². The molecule has 0 aromatic rings. The first-order chi connectivity index (χ1) is 32.8. The quantitative estimate of drug-likeness (QED) is 0.0261. The molecular formula is C58H97NO8. The predicted molar refractivity (Wildman–Crippen MR) is 281 cm³/mol. The number of hydrogen-bond donors (Lipinski definition) is 6. The van der Waals surface area contributed by atoms with Crippen LogP contribution in [0.25, 0.3) is 0 Å². The molecule has 9 heteroatoms. The van der Waals surface area contributed by atoms with Gasteiger partial charge >= 0.3 is 0 Å². The summed E-state index contributed by atoms with van der Waals surface area (Å²) in [6, 6.07) is -0.826. The summed E-state index contributed by atoms with van der Waals surface area (Å²) in [5.41, 5.74) is 0. The fourth-order valence-electron chi connectivity index (χ4n) is 7.62. The van der Waals surface area contributed by atoms with Crippen molar-refractivity contribution in [3.05, 3.63) is 109 Å². The van der Waals surface area contributed by atoms with Gasteiger partial charge in [0.25, 0.3) is 0 Å². The largest absolute Gasteiger partial charge is 0.394 e. The topological polar surface area (TPSA) is 149 Å². The Kier molecular flexibility index (Phi) is 43.0. The molecule has 1 heterocycles. The van der Waals surface area contributed by atoms with Crippen LogP contribution in [0.15, 0.2) is 109 Å². The third-order valence-electron chi connectivity index (χ3n) is 11.8. The second-order valence-corrected chi connectivity index (χ2v) is 17.9. The molecule has 0 saturated carbocycles. The number of aliphatic hydroxyl groups is 5. The number of carbonyl (C=O) groups excluding carboxylic acids is 1. The summed E-state index contributed by atoms with van der Waals surface area (Å²) in [7, 11) is 0. The molecule has 1 fully saturated rings. The smallest absolute Gasteiger partial charge is 0.220 e. The molecule has 7 unspecified atom stereocenters. The number of carbonyl (C=O) groups is 1. The minimum absolute atomic E-state index is 0.196. The maximum Gasteiger partial charge on any atom is 0.220 e. The highest BCUT2D eigenvalue weighted by molar-refractivity contribution is 5.76. The molecule has 0 radical (unpaired) electrons. The number of amides is 1. The van der Waals surface area contributed by atoms with Crippen molar-refractivity contribution < 1.29 is 39.8 Å². The summed E-state index contributed by atoms with van der Waals surface area (Å²) in [6.07, 6.45) is 61.7. The summed E-state index contributed by atoms with van der Waals surface area (Å²) >= 11 is 0. The summed E-state index contributed by atoms with van der Waals surface area (Å²) in [6.45, 7) is 3.57. The van der Waals surface area contributed by atoms with E-state index in [9.17, 15) is 30.3 Å². The molecule has 0 spiro atoms. The van der Waals surface area contributed by atoms with E-state index < -0.39 is 49.5 Å². The molecule has 0 bridgehead atoms. The van der Waals surface area contributed by atoms with E-state index >= 15 is 0 Å². The average Bonchev–Trinajstić information content (AvgIpc) is 3.33. The molecule has 1 saturated heterocycles. The van der Waals surface area contributed by atoms with Crippen LogP contribution in [0.4, 0.5) is 0 Å². The van der Waals surface area contributed by atoms with Crippen LogP contribution in [0.3, 0.4) is 0 Å². The van der Waals surface area contributed by atoms with E-state index in [1.807, 2.05) is 6.08 Å². The number of nitrogens with one attached hydrogen (secondary N) is 1. The van der Waals surface area contributed by atoms with Gasteiger partial charge in [-0.15, -0.1) is 0 Å². The predicted octanol–water partition coefficient (Wildman–Crippen LogP) is 12.6. The van der Waals surface area contributed by atoms with Crippen molar-refractivity contribution in [2.24, 2.45) is 0 Å². The molecule has 7 atom stereocenters. The highest BCUT2D eigenvalue weighted by Crippen LogP contribution is 2.22. The standard InChI is InChI=1S/C58H97NO8/c1-3-5-7-9-11-13-14-15-16-17-18-19-20-21-22-23-24-25-26-27-28-29-30-31-32-33-34-35-36-37-38-40-42-44-46-48-54(62)59-51(52(61)47-45-43-41-39-12-10-8-6-4-2)50-66-58-57(65)56(64)55(63)53(49-60)67-58/h5,7,11-13,15-16,18-19,21-22,24-25,27-28,39,45,47,51-53,55-58,60-61,63-65H,3-4,6,8-10,14,17,20,23,26,29-38,40-44,46,48-50H2,1-2H3,(H,59,62)/b7-5-,13-11-,16-15-,19-18-,22-21-,25-24-,28-27-,39-12+,47-45+. The van der Waals surface area contributed by atoms with Gasteiger partial charge in [0.15, 0.2) is 6.29 Å². The molecular weight excluding hydrogens is 839 g/mol. The SMILES string of the molecule is CC/C=C\C/C=C\C/C=C\C/C=C\C/C=C\C/C=C\C/C=C\CCCCCCCCCCCCCCCC(=O)NC(COC1OC(CO)C(O)C(O)C1O)C(O)/C=C/CC/C=C/CCCCC. The fourth-order valence-corrected chi connectivity index (χ4v) is 7.62. The molecule has 1 amide bonds. The molecule has 1 aliphatic heterocycles. The van der Waals surface area contributed by atoms with Crippen LogP contribution in [0.2, 0.25) is 0 Å². The molecule has 67 heavy (non-hydrogen) atoms. The monoisotopic (exact) mass is 936 g/mol. The fraction of sp³-hybridized carbons (Fsp3) is 0.672. The molecule has 0 aliphatic carbocycles. The first-order valence-corrected chi connectivity index (χ1v) is 26.6. The van der Waals surface area contributed by atoms with Gasteiger partial charge in [-0.2, -0.15) is 0 Å². The molecule has 0 aromatic heterocycles. The van der Waals surface area contributed by atoms with Crippen molar-refractivity contribution >= 4 is 5.91 Å². The van der Waals surface area contributed by atoms with Crippen molar-refractivity contribution in [3.63, 3.8) is 0 Å². The number of unbranched alkanes of at least 4 members (excludes halogenated alkanes) is 17. The van der Waals surface area contributed by atoms with E-state index in [1.165, 1.54) is 89.9 Å². The van der Waals surface area contributed by atoms with E-state index in [-0.39, 0.29) is 12.5 Å². The number of hydrogen-bond acceptors (Lipinski definition) is 8. The second-order valence-electron chi connectivity index (χ2n) is 17.9. The zero-order valence-corrected chi connectivity index (χ0v) is 42.1. The Morgan fingerprint density at radius 2 is 0.940 bits per heavy atom. The summed E-state index contributed by atoms with van der Waals surface area (Å²) in [4.78, 5) is 13.0. The molecule has 9 nitrogen and oxygen atoms in total. The van der Waals surface area contributed by atoms with Crippen LogP contribution in [0, 0.1) is 0 Å². The van der Waals surface area contributed by atoms with Gasteiger partial charge in [-0.05, 0) is 89.9 Å². The van der Waals surface area contributed by atoms with Crippen molar-refractivity contribution in [2.45, 2.75) is 236 Å². The number of rotatable bonds is 43. The number of allylic oxidation sites excluding steroid dienone is 17. The normalized spacial score (nSPS) is 20.6. The molecule has 0 aromatic carbocycles. The first kappa shape index (κ1) is 61.9. The van der Waals surface area contributed by atoms with E-state index in [4.69, 9.17) is 9.47 Å². The summed E-state index contributed by atoms with van der Waals surface area (Å²) in [5, 5.41) is 54.1. The maximum atomic E-state index is 13.0. The Bertz CT molecular complexity index is 1410. The average molecular weight is 936 g/mol. The van der Waals surface area contributed by atoms with E-state index in [2.05, 4.69) is 116 Å². The zero-order valence-electron chi connectivity index (χ0n) is 42.1. The highest BCUT2D eigenvalue weighted by Gasteiger charge is 2.44.